The van der Waals surface area contributed by atoms with Crippen LogP contribution in [0.3, 0.4) is 0 Å². The second-order valence-electron chi connectivity index (χ2n) is 3.25. The number of hydrogen-bond acceptors (Lipinski definition) is 1. The molecule has 0 spiro atoms. The van der Waals surface area contributed by atoms with Crippen molar-refractivity contribution in [2.24, 2.45) is 0 Å². The maximum Gasteiger partial charge on any atom is 0.0468 e. The predicted octanol–water partition coefficient (Wildman–Crippen LogP) is 1.81. The predicted molar refractivity (Wildman–Crippen MR) is 49.0 cm³/mol. The lowest BCUT2D eigenvalue weighted by molar-refractivity contribution is 1.09. The van der Waals surface area contributed by atoms with Crippen LogP contribution in [0.15, 0.2) is 30.5 Å². The first-order chi connectivity index (χ1) is 5.95. The summed E-state index contributed by atoms with van der Waals surface area (Å²) >= 11 is 0. The molecule has 60 valence electrons. The summed E-state index contributed by atoms with van der Waals surface area (Å²) in [7, 11) is 0. The van der Waals surface area contributed by atoms with Crippen molar-refractivity contribution in [3.8, 4) is 0 Å². The van der Waals surface area contributed by atoms with Gasteiger partial charge in [0.15, 0.2) is 0 Å². The van der Waals surface area contributed by atoms with Gasteiger partial charge in [-0.1, -0.05) is 18.2 Å². The van der Waals surface area contributed by atoms with Crippen LogP contribution in [0, 0.1) is 0 Å². The van der Waals surface area contributed by atoms with Crippen molar-refractivity contribution in [2.45, 2.75) is 6.04 Å². The highest BCUT2D eigenvalue weighted by Gasteiger charge is 2.24. The number of aromatic amines is 1. The number of benzene rings is 1. The molecule has 2 heteroatoms. The summed E-state index contributed by atoms with van der Waals surface area (Å²) in [5, 5.41) is 4.66. The van der Waals surface area contributed by atoms with Crippen molar-refractivity contribution in [1.82, 2.24) is 10.3 Å². The van der Waals surface area contributed by atoms with Crippen LogP contribution in [-0.2, 0) is 0 Å². The molecule has 0 saturated carbocycles. The van der Waals surface area contributed by atoms with Crippen LogP contribution < -0.4 is 5.32 Å². The summed E-state index contributed by atoms with van der Waals surface area (Å²) < 4.78 is 0. The molecule has 1 saturated heterocycles. The maximum absolute atomic E-state index is 3.31. The van der Waals surface area contributed by atoms with Gasteiger partial charge in [-0.25, -0.2) is 0 Å². The second kappa shape index (κ2) is 2.11. The second-order valence-corrected chi connectivity index (χ2v) is 3.25. The van der Waals surface area contributed by atoms with E-state index >= 15 is 0 Å². The van der Waals surface area contributed by atoms with Crippen molar-refractivity contribution in [2.75, 3.05) is 6.54 Å². The lowest BCUT2D eigenvalue weighted by Crippen LogP contribution is -1.79. The van der Waals surface area contributed by atoms with Gasteiger partial charge in [-0.05, 0) is 11.6 Å². The molecule has 0 amide bonds. The lowest BCUT2D eigenvalue weighted by atomic mass is 10.1. The largest absolute Gasteiger partial charge is 0.361 e. The van der Waals surface area contributed by atoms with Gasteiger partial charge in [0.25, 0.3) is 0 Å². The van der Waals surface area contributed by atoms with Gasteiger partial charge in [0.1, 0.15) is 0 Å². The van der Waals surface area contributed by atoms with Crippen LogP contribution in [0.5, 0.6) is 0 Å². The fourth-order valence-corrected chi connectivity index (χ4v) is 1.66. The van der Waals surface area contributed by atoms with Crippen LogP contribution in [0.1, 0.15) is 11.6 Å². The smallest absolute Gasteiger partial charge is 0.0468 e. The van der Waals surface area contributed by atoms with Crippen LogP contribution in [0.25, 0.3) is 10.9 Å². The van der Waals surface area contributed by atoms with Crippen LogP contribution in [0.2, 0.25) is 0 Å². The minimum Gasteiger partial charge on any atom is -0.361 e. The number of fused-ring (bicyclic) bond motifs is 1. The molecule has 2 N–H and O–H groups in total. The Hall–Kier alpha value is -1.28. The van der Waals surface area contributed by atoms with Gasteiger partial charge >= 0.3 is 0 Å². The highest BCUT2D eigenvalue weighted by molar-refractivity contribution is 5.83. The molecule has 2 nitrogen and oxygen atoms in total. The molecule has 2 aromatic rings. The lowest BCUT2D eigenvalue weighted by Gasteiger charge is -1.91. The monoisotopic (exact) mass is 158 g/mol. The van der Waals surface area contributed by atoms with Crippen molar-refractivity contribution in [3.63, 3.8) is 0 Å². The Morgan fingerprint density at radius 3 is 2.92 bits per heavy atom. The molecule has 1 atom stereocenters. The third-order valence-electron chi connectivity index (χ3n) is 2.40. The molecule has 0 aliphatic carbocycles. The third-order valence-corrected chi connectivity index (χ3v) is 2.40. The number of hydrogen-bond donors (Lipinski definition) is 2. The Morgan fingerprint density at radius 1 is 1.25 bits per heavy atom. The van der Waals surface area contributed by atoms with E-state index in [1.54, 1.807) is 0 Å². The fraction of sp³-hybridized carbons (Fsp3) is 0.200. The minimum absolute atomic E-state index is 0.598. The van der Waals surface area contributed by atoms with Gasteiger partial charge in [-0.2, -0.15) is 0 Å². The van der Waals surface area contributed by atoms with E-state index in [1.165, 1.54) is 16.5 Å². The maximum atomic E-state index is 3.31. The molecule has 1 aromatic carbocycles. The van der Waals surface area contributed by atoms with Gasteiger partial charge in [0, 0.05) is 29.7 Å². The molecule has 1 aromatic heterocycles. The number of nitrogens with one attached hydrogen (secondary N) is 2. The van der Waals surface area contributed by atoms with Crippen molar-refractivity contribution < 1.29 is 0 Å². The van der Waals surface area contributed by atoms with Crippen LogP contribution in [-0.4, -0.2) is 11.5 Å². The summed E-state index contributed by atoms with van der Waals surface area (Å²) in [4.78, 5) is 3.27. The van der Waals surface area contributed by atoms with E-state index in [0.29, 0.717) is 6.04 Å². The number of aromatic nitrogens is 1. The van der Waals surface area contributed by atoms with E-state index in [0.717, 1.165) is 6.54 Å². The minimum atomic E-state index is 0.598. The quantitative estimate of drug-likeness (QED) is 0.610. The molecule has 0 radical (unpaired) electrons. The first-order valence-electron chi connectivity index (χ1n) is 4.24. The molecule has 1 aliphatic rings. The van der Waals surface area contributed by atoms with E-state index in [-0.39, 0.29) is 0 Å². The molecule has 2 heterocycles. The number of para-hydroxylation sites is 1. The Morgan fingerprint density at radius 2 is 2.08 bits per heavy atom. The van der Waals surface area contributed by atoms with Crippen molar-refractivity contribution in [1.29, 1.82) is 0 Å². The molecule has 1 aliphatic heterocycles. The van der Waals surface area contributed by atoms with Gasteiger partial charge in [-0.3, -0.25) is 0 Å². The van der Waals surface area contributed by atoms with E-state index in [4.69, 9.17) is 0 Å². The Balaban J connectivity index is 2.30. The van der Waals surface area contributed by atoms with Crippen LogP contribution >= 0.6 is 0 Å². The molecule has 0 bridgehead atoms. The Kier molecular flexibility index (Phi) is 1.10. The number of H-pyrrole nitrogens is 1. The van der Waals surface area contributed by atoms with Crippen molar-refractivity contribution >= 4 is 10.9 Å². The third kappa shape index (κ3) is 0.786. The fourth-order valence-electron chi connectivity index (χ4n) is 1.66. The zero-order chi connectivity index (χ0) is 7.97. The van der Waals surface area contributed by atoms with E-state index in [1.807, 2.05) is 0 Å². The Bertz CT molecular complexity index is 412. The average Bonchev–Trinajstić information content (AvgIpc) is 2.86. The zero-order valence-electron chi connectivity index (χ0n) is 6.67. The number of rotatable bonds is 1. The van der Waals surface area contributed by atoms with Gasteiger partial charge < -0.3 is 10.3 Å². The molecular formula is C10H10N2. The summed E-state index contributed by atoms with van der Waals surface area (Å²) in [6, 6.07) is 9.02. The first kappa shape index (κ1) is 6.26. The van der Waals surface area contributed by atoms with E-state index < -0.39 is 0 Å². The topological polar surface area (TPSA) is 37.7 Å². The van der Waals surface area contributed by atoms with Crippen LogP contribution in [0.4, 0.5) is 0 Å². The first-order valence-corrected chi connectivity index (χ1v) is 4.24. The normalized spacial score (nSPS) is 21.5. The average molecular weight is 158 g/mol. The molecule has 3 rings (SSSR count). The summed E-state index contributed by atoms with van der Waals surface area (Å²) in [5.74, 6) is 0. The molecule has 1 fully saturated rings. The summed E-state index contributed by atoms with van der Waals surface area (Å²) in [5.41, 5.74) is 2.65. The van der Waals surface area contributed by atoms with Crippen molar-refractivity contribution in [3.05, 3.63) is 36.0 Å². The molecular weight excluding hydrogens is 148 g/mol. The van der Waals surface area contributed by atoms with Gasteiger partial charge in [-0.15, -0.1) is 0 Å². The van der Waals surface area contributed by atoms with E-state index in [2.05, 4.69) is 40.8 Å². The highest BCUT2D eigenvalue weighted by Crippen LogP contribution is 2.28. The summed E-state index contributed by atoms with van der Waals surface area (Å²) in [6.45, 7) is 1.13. The highest BCUT2D eigenvalue weighted by atomic mass is 15.1. The van der Waals surface area contributed by atoms with Gasteiger partial charge in [0.05, 0.1) is 0 Å². The molecule has 12 heavy (non-hydrogen) atoms. The van der Waals surface area contributed by atoms with E-state index in [9.17, 15) is 0 Å². The SMILES string of the molecule is c1ccc2c(C3CN3)c[nH]c2c1. The molecule has 1 unspecified atom stereocenters. The summed E-state index contributed by atoms with van der Waals surface area (Å²) in [6.07, 6.45) is 2.11. The Labute approximate surface area is 70.6 Å². The van der Waals surface area contributed by atoms with Gasteiger partial charge in [0.2, 0.25) is 0 Å². The zero-order valence-corrected chi connectivity index (χ0v) is 6.67. The standard InChI is InChI=1S/C10H10N2/c1-2-4-9-7(3-1)8(5-11-9)10-6-12-10/h1-5,10-12H,6H2.